The molecule has 0 radical (unpaired) electrons. The number of aromatic nitrogens is 2. The lowest BCUT2D eigenvalue weighted by atomic mass is 9.69. The van der Waals surface area contributed by atoms with Crippen molar-refractivity contribution < 1.29 is 57.3 Å². The number of nitrogens with zero attached hydrogens (tertiary/aromatic N) is 3. The van der Waals surface area contributed by atoms with Gasteiger partial charge in [0.25, 0.3) is 17.4 Å². The fourth-order valence-corrected chi connectivity index (χ4v) is 9.99. The normalized spacial score (nSPS) is 18.6. The fourth-order valence-electron chi connectivity index (χ4n) is 9.99. The smallest absolute Gasteiger partial charge is 0.343 e. The topological polar surface area (TPSA) is 274 Å². The van der Waals surface area contributed by atoms with E-state index in [9.17, 15) is 48.3 Å². The third-order valence-corrected chi connectivity index (χ3v) is 14.1. The zero-order chi connectivity index (χ0) is 52.2. The highest BCUT2D eigenvalue weighted by Crippen LogP contribution is 2.49. The van der Waals surface area contributed by atoms with Crippen LogP contribution < -0.4 is 32.1 Å². The standard InChI is InChI=1S/C52H57FN8O12/c1-4-52(71)34-20-38-47-32(25-61(38)49(69)33(34)26-73-50(52)70)46-45-31(29(2)35(53)21-36(45)59-47)16-17-51(46,3)27-72-28-57-41(64)23-56-48(68)37(19-30-11-7-5-8-12-30)58-42(65)24-55-40(63)22-54-39(62)13-9-6-10-18-60-43(66)14-15-44(60)67/h5,7-8,11-12,14-15,20-21,37,71H,4,6,9-10,13,16-19,22-28H2,1-3H3,(H,54,62)(H,55,63)(H,56,68)(H,57,64)(H,58,65)/t37-,51?,52-/m0/s1. The van der Waals surface area contributed by atoms with E-state index in [0.29, 0.717) is 60.1 Å². The number of halogens is 1. The van der Waals surface area contributed by atoms with Gasteiger partial charge in [-0.25, -0.2) is 14.2 Å². The number of fused-ring (bicyclic) bond motifs is 5. The first kappa shape index (κ1) is 51.7. The Morgan fingerprint density at radius 2 is 1.58 bits per heavy atom. The minimum atomic E-state index is -2.03. The van der Waals surface area contributed by atoms with Gasteiger partial charge in [0.15, 0.2) is 5.60 Å². The summed E-state index contributed by atoms with van der Waals surface area (Å²) in [5.41, 5.74) is 1.87. The van der Waals surface area contributed by atoms with Crippen molar-refractivity contribution in [2.45, 2.75) is 102 Å². The van der Waals surface area contributed by atoms with Crippen molar-refractivity contribution in [1.29, 1.82) is 0 Å². The Morgan fingerprint density at radius 1 is 0.877 bits per heavy atom. The van der Waals surface area contributed by atoms with Crippen LogP contribution in [0.1, 0.15) is 91.3 Å². The lowest BCUT2D eigenvalue weighted by molar-refractivity contribution is -0.172. The molecule has 2 aromatic carbocycles. The van der Waals surface area contributed by atoms with E-state index in [0.717, 1.165) is 27.0 Å². The van der Waals surface area contributed by atoms with Crippen molar-refractivity contribution in [1.82, 2.24) is 41.0 Å². The van der Waals surface area contributed by atoms with Crippen LogP contribution in [-0.2, 0) is 84.8 Å². The molecule has 384 valence electrons. The molecule has 4 aliphatic rings. The van der Waals surface area contributed by atoms with E-state index in [1.807, 2.05) is 6.92 Å². The molecular weight excluding hydrogens is 948 g/mol. The minimum Gasteiger partial charge on any atom is -0.458 e. The molecule has 3 atom stereocenters. The summed E-state index contributed by atoms with van der Waals surface area (Å²) < 4.78 is 28.4. The van der Waals surface area contributed by atoms with E-state index in [4.69, 9.17) is 14.5 Å². The zero-order valence-electron chi connectivity index (χ0n) is 40.7. The number of benzene rings is 2. The molecule has 1 unspecified atom stereocenters. The summed E-state index contributed by atoms with van der Waals surface area (Å²) in [7, 11) is 0. The first-order valence-electron chi connectivity index (χ1n) is 24.3. The molecule has 6 N–H and O–H groups in total. The second-order valence-corrected chi connectivity index (χ2v) is 19.0. The molecule has 73 heavy (non-hydrogen) atoms. The average molecular weight is 1010 g/mol. The number of unbranched alkanes of at least 4 members (excludes halogenated alkanes) is 2. The molecule has 7 amide bonds. The molecular formula is C52H57FN8O12. The number of pyridine rings is 2. The molecule has 8 rings (SSSR count). The monoisotopic (exact) mass is 1000 g/mol. The number of aliphatic hydroxyl groups is 1. The van der Waals surface area contributed by atoms with Gasteiger partial charge in [0.1, 0.15) is 25.2 Å². The van der Waals surface area contributed by atoms with Gasteiger partial charge in [-0.15, -0.1) is 0 Å². The number of carbonyl (C=O) groups is 8. The van der Waals surface area contributed by atoms with Gasteiger partial charge < -0.3 is 45.7 Å². The van der Waals surface area contributed by atoms with Gasteiger partial charge in [-0.3, -0.25) is 43.3 Å². The third-order valence-electron chi connectivity index (χ3n) is 14.1. The second-order valence-electron chi connectivity index (χ2n) is 19.0. The van der Waals surface area contributed by atoms with Crippen LogP contribution in [0.2, 0.25) is 0 Å². The average Bonchev–Trinajstić information content (AvgIpc) is 3.91. The van der Waals surface area contributed by atoms with Crippen LogP contribution in [0.4, 0.5) is 4.39 Å². The zero-order valence-corrected chi connectivity index (χ0v) is 40.7. The van der Waals surface area contributed by atoms with E-state index in [1.54, 1.807) is 50.2 Å². The molecule has 2 aromatic heterocycles. The van der Waals surface area contributed by atoms with Crippen LogP contribution in [-0.4, -0.2) is 112 Å². The molecule has 1 aliphatic carbocycles. The lowest BCUT2D eigenvalue weighted by Crippen LogP contribution is -2.52. The van der Waals surface area contributed by atoms with E-state index in [-0.39, 0.29) is 75.2 Å². The summed E-state index contributed by atoms with van der Waals surface area (Å²) in [5.74, 6) is -4.99. The number of hydrogen-bond acceptors (Lipinski definition) is 13. The van der Waals surface area contributed by atoms with Crippen LogP contribution >= 0.6 is 0 Å². The predicted octanol–water partition coefficient (Wildman–Crippen LogP) is 1.38. The Bertz CT molecular complexity index is 3010. The summed E-state index contributed by atoms with van der Waals surface area (Å²) in [6, 6.07) is 10.7. The van der Waals surface area contributed by atoms with E-state index >= 15 is 4.39 Å². The largest absolute Gasteiger partial charge is 0.458 e. The number of imide groups is 1. The number of amides is 7. The number of hydrogen-bond donors (Lipinski definition) is 6. The van der Waals surface area contributed by atoms with Crippen molar-refractivity contribution in [2.24, 2.45) is 0 Å². The molecule has 20 nitrogen and oxygen atoms in total. The van der Waals surface area contributed by atoms with Gasteiger partial charge in [-0.05, 0) is 67.3 Å². The number of carbonyl (C=O) groups excluding carboxylic acids is 8. The molecule has 3 aliphatic heterocycles. The second kappa shape index (κ2) is 21.6. The Hall–Kier alpha value is -7.65. The summed E-state index contributed by atoms with van der Waals surface area (Å²) in [6.45, 7) is 3.88. The third kappa shape index (κ3) is 10.8. The Labute approximate surface area is 418 Å². The summed E-state index contributed by atoms with van der Waals surface area (Å²) >= 11 is 0. The SMILES string of the molecule is CC[C@@]1(O)C(=O)OCc2c1cc1n(c2=O)Cc2c-1nc1cc(F)c(C)c3c1c2C(C)(COCNC(=O)CNC(=O)[C@H](Cc1ccccc1)NC(=O)CNC(=O)CNC(=O)CCCCCN1C(=O)C=CC1=O)CC3. The van der Waals surface area contributed by atoms with Gasteiger partial charge in [0.05, 0.1) is 55.3 Å². The molecule has 5 heterocycles. The Balaban J connectivity index is 0.843. The van der Waals surface area contributed by atoms with E-state index in [1.165, 1.54) is 22.8 Å². The number of cyclic esters (lactones) is 1. The summed E-state index contributed by atoms with van der Waals surface area (Å²) in [4.78, 5) is 120. The number of rotatable bonds is 21. The number of ether oxygens (including phenoxy) is 2. The van der Waals surface area contributed by atoms with Gasteiger partial charge in [-0.2, -0.15) is 0 Å². The number of aryl methyl sites for hydroxylation is 1. The van der Waals surface area contributed by atoms with Gasteiger partial charge in [0.2, 0.25) is 29.5 Å². The van der Waals surface area contributed by atoms with Crippen molar-refractivity contribution in [3.05, 3.63) is 110 Å². The van der Waals surface area contributed by atoms with Crippen molar-refractivity contribution in [3.63, 3.8) is 0 Å². The molecule has 21 heteroatoms. The van der Waals surface area contributed by atoms with Gasteiger partial charge >= 0.3 is 5.97 Å². The maximum atomic E-state index is 15.5. The first-order chi connectivity index (χ1) is 34.9. The molecule has 0 bridgehead atoms. The Kier molecular flexibility index (Phi) is 15.3. The molecule has 0 saturated carbocycles. The number of esters is 1. The minimum absolute atomic E-state index is 0.0284. The summed E-state index contributed by atoms with van der Waals surface area (Å²) in [6.07, 6.45) is 5.16. The fraction of sp³-hybridized carbons (Fsp3) is 0.423. The maximum absolute atomic E-state index is 15.5. The highest BCUT2D eigenvalue weighted by atomic mass is 19.1. The van der Waals surface area contributed by atoms with Crippen molar-refractivity contribution in [2.75, 3.05) is 39.5 Å². The predicted molar refractivity (Wildman–Crippen MR) is 259 cm³/mol. The number of nitrogens with one attached hydrogen (secondary N) is 5. The lowest BCUT2D eigenvalue weighted by Gasteiger charge is -2.37. The Morgan fingerprint density at radius 3 is 2.32 bits per heavy atom. The van der Waals surface area contributed by atoms with Crippen molar-refractivity contribution in [3.8, 4) is 11.4 Å². The van der Waals surface area contributed by atoms with Crippen LogP contribution in [0.15, 0.2) is 59.4 Å². The van der Waals surface area contributed by atoms with Crippen LogP contribution in [0.3, 0.4) is 0 Å². The van der Waals surface area contributed by atoms with Crippen molar-refractivity contribution >= 4 is 58.2 Å². The van der Waals surface area contributed by atoms with E-state index in [2.05, 4.69) is 26.6 Å². The highest BCUT2D eigenvalue weighted by molar-refractivity contribution is 6.12. The molecule has 4 aromatic rings. The van der Waals surface area contributed by atoms with Gasteiger partial charge in [0, 0.05) is 59.5 Å². The van der Waals surface area contributed by atoms with Crippen LogP contribution in [0.25, 0.3) is 22.3 Å². The van der Waals surface area contributed by atoms with Crippen LogP contribution in [0.5, 0.6) is 0 Å². The highest BCUT2D eigenvalue weighted by Gasteiger charge is 2.47. The summed E-state index contributed by atoms with van der Waals surface area (Å²) in [5, 5.41) is 24.9. The maximum Gasteiger partial charge on any atom is 0.343 e. The van der Waals surface area contributed by atoms with Crippen LogP contribution in [0, 0.1) is 12.7 Å². The molecule has 0 spiro atoms. The quantitative estimate of drug-likeness (QED) is 0.0263. The van der Waals surface area contributed by atoms with E-state index < -0.39 is 83.6 Å². The van der Waals surface area contributed by atoms with Gasteiger partial charge in [-0.1, -0.05) is 50.6 Å². The molecule has 0 fully saturated rings. The molecule has 0 saturated heterocycles. The first-order valence-corrected chi connectivity index (χ1v) is 24.3.